The van der Waals surface area contributed by atoms with E-state index in [4.69, 9.17) is 0 Å². The van der Waals surface area contributed by atoms with Crippen molar-refractivity contribution in [2.75, 3.05) is 13.1 Å². The number of rotatable bonds is 5. The average Bonchev–Trinajstić information content (AvgIpc) is 2.65. The first kappa shape index (κ1) is 22.6. The Bertz CT molecular complexity index is 840. The number of fused-ring (bicyclic) bond motifs is 4. The smallest absolute Gasteiger partial charge is 0.303 e. The fourth-order valence-corrected chi connectivity index (χ4v) is 8.42. The molecular formula is C26H39NO4. The van der Waals surface area contributed by atoms with Crippen LogP contribution in [0.5, 0.6) is 0 Å². The third-order valence-electron chi connectivity index (χ3n) is 9.69. The summed E-state index contributed by atoms with van der Waals surface area (Å²) in [5, 5.41) is 20.6. The lowest BCUT2D eigenvalue weighted by Crippen LogP contribution is -3.12. The summed E-state index contributed by atoms with van der Waals surface area (Å²) in [6, 6.07) is 0. The second-order valence-corrected chi connectivity index (χ2v) is 11.9. The Morgan fingerprint density at radius 1 is 1.13 bits per heavy atom. The molecule has 5 heteroatoms. The number of carbonyl (C=O) groups is 2. The molecule has 1 heterocycles. The van der Waals surface area contributed by atoms with E-state index in [1.165, 1.54) is 49.7 Å². The van der Waals surface area contributed by atoms with E-state index in [2.05, 4.69) is 33.8 Å². The second kappa shape index (κ2) is 7.75. The number of carboxylic acid groups (broad SMARTS) is 2. The van der Waals surface area contributed by atoms with Gasteiger partial charge in [0.2, 0.25) is 0 Å². The highest BCUT2D eigenvalue weighted by atomic mass is 16.4. The van der Waals surface area contributed by atoms with Gasteiger partial charge in [-0.1, -0.05) is 34.1 Å². The van der Waals surface area contributed by atoms with Gasteiger partial charge in [0, 0.05) is 6.42 Å². The van der Waals surface area contributed by atoms with Crippen LogP contribution in [-0.2, 0) is 9.59 Å². The van der Waals surface area contributed by atoms with Crippen molar-refractivity contribution < 1.29 is 24.7 Å². The minimum absolute atomic E-state index is 0.0408. The highest BCUT2D eigenvalue weighted by molar-refractivity contribution is 5.67. The molecule has 0 saturated heterocycles. The van der Waals surface area contributed by atoms with E-state index in [0.29, 0.717) is 29.7 Å². The van der Waals surface area contributed by atoms with Gasteiger partial charge >= 0.3 is 5.97 Å². The summed E-state index contributed by atoms with van der Waals surface area (Å²) in [7, 11) is 0. The third-order valence-corrected chi connectivity index (χ3v) is 9.69. The van der Waals surface area contributed by atoms with Gasteiger partial charge in [-0.2, -0.15) is 0 Å². The first-order chi connectivity index (χ1) is 14.5. The van der Waals surface area contributed by atoms with Crippen LogP contribution in [0.4, 0.5) is 0 Å². The van der Waals surface area contributed by atoms with Crippen LogP contribution in [0.25, 0.3) is 0 Å². The van der Waals surface area contributed by atoms with Crippen molar-refractivity contribution >= 4 is 11.9 Å². The van der Waals surface area contributed by atoms with Gasteiger partial charge in [0.25, 0.3) is 0 Å². The largest absolute Gasteiger partial charge is 0.544 e. The lowest BCUT2D eigenvalue weighted by Gasteiger charge is -2.64. The molecule has 4 aliphatic rings. The molecule has 172 valence electrons. The Kier molecular flexibility index (Phi) is 5.65. The van der Waals surface area contributed by atoms with Gasteiger partial charge in [0.05, 0.1) is 12.4 Å². The molecule has 0 amide bonds. The van der Waals surface area contributed by atoms with Gasteiger partial charge in [-0.25, -0.2) is 0 Å². The van der Waals surface area contributed by atoms with Crippen LogP contribution >= 0.6 is 0 Å². The van der Waals surface area contributed by atoms with Crippen molar-refractivity contribution in [1.29, 1.82) is 0 Å². The number of carboxylic acids is 2. The molecule has 1 aliphatic heterocycles. The lowest BCUT2D eigenvalue weighted by molar-refractivity contribution is -0.852. The summed E-state index contributed by atoms with van der Waals surface area (Å²) in [5.41, 5.74) is 4.59. The maximum atomic E-state index is 11.4. The minimum atomic E-state index is -1.07. The molecule has 2 N–H and O–H groups in total. The van der Waals surface area contributed by atoms with Crippen molar-refractivity contribution in [3.05, 3.63) is 22.9 Å². The number of hydrogen-bond acceptors (Lipinski definition) is 3. The first-order valence-corrected chi connectivity index (χ1v) is 12.2. The number of nitrogens with one attached hydrogen (secondary N) is 1. The van der Waals surface area contributed by atoms with E-state index in [0.717, 1.165) is 22.9 Å². The molecular weight excluding hydrogens is 390 g/mol. The highest BCUT2D eigenvalue weighted by Gasteiger charge is 2.60. The van der Waals surface area contributed by atoms with Crippen molar-refractivity contribution in [2.45, 2.75) is 85.5 Å². The molecule has 4 rings (SSSR count). The van der Waals surface area contributed by atoms with Crippen LogP contribution in [0.2, 0.25) is 0 Å². The normalized spacial score (nSPS) is 39.1. The van der Waals surface area contributed by atoms with E-state index in [-0.39, 0.29) is 18.4 Å². The second-order valence-electron chi connectivity index (χ2n) is 11.9. The zero-order valence-electron chi connectivity index (χ0n) is 19.7. The Morgan fingerprint density at radius 3 is 2.55 bits per heavy atom. The van der Waals surface area contributed by atoms with E-state index in [1.54, 1.807) is 0 Å². The highest BCUT2D eigenvalue weighted by Crippen LogP contribution is 2.68. The first-order valence-electron chi connectivity index (χ1n) is 12.2. The quantitative estimate of drug-likeness (QED) is 0.704. The van der Waals surface area contributed by atoms with E-state index < -0.39 is 11.9 Å². The summed E-state index contributed by atoms with van der Waals surface area (Å²) in [5.74, 6) is -0.513. The topological polar surface area (TPSA) is 81.9 Å². The number of quaternary nitrogens is 1. The van der Waals surface area contributed by atoms with Gasteiger partial charge < -0.3 is 15.0 Å². The zero-order valence-corrected chi connectivity index (χ0v) is 19.7. The van der Waals surface area contributed by atoms with Gasteiger partial charge in [-0.05, 0) is 83.8 Å². The molecule has 5 unspecified atom stereocenters. The van der Waals surface area contributed by atoms with E-state index >= 15 is 0 Å². The number of carbonyl (C=O) groups excluding carboxylic acids is 1. The van der Waals surface area contributed by atoms with Crippen LogP contribution in [0.15, 0.2) is 22.9 Å². The predicted octanol–water partition coefficient (Wildman–Crippen LogP) is 2.72. The molecule has 2 fully saturated rings. The number of hydrogen-bond donors (Lipinski definition) is 2. The van der Waals surface area contributed by atoms with Crippen molar-refractivity contribution in [2.24, 2.45) is 28.1 Å². The molecule has 0 spiro atoms. The molecule has 0 bridgehead atoms. The van der Waals surface area contributed by atoms with Gasteiger partial charge in [0.15, 0.2) is 0 Å². The summed E-state index contributed by atoms with van der Waals surface area (Å²) >= 11 is 0. The molecule has 3 aliphatic carbocycles. The van der Waals surface area contributed by atoms with Crippen LogP contribution in [0, 0.1) is 28.1 Å². The Morgan fingerprint density at radius 2 is 1.87 bits per heavy atom. The van der Waals surface area contributed by atoms with Gasteiger partial charge in [-0.3, -0.25) is 9.69 Å². The molecule has 5 atom stereocenters. The Hall–Kier alpha value is -1.62. The monoisotopic (exact) mass is 429 g/mol. The molecule has 2 saturated carbocycles. The van der Waals surface area contributed by atoms with Crippen LogP contribution in [0.1, 0.15) is 85.5 Å². The maximum absolute atomic E-state index is 11.4. The van der Waals surface area contributed by atoms with E-state index in [9.17, 15) is 19.8 Å². The molecule has 0 aromatic carbocycles. The molecule has 0 radical (unpaired) electrons. The molecule has 0 aromatic rings. The zero-order chi connectivity index (χ0) is 22.6. The predicted molar refractivity (Wildman–Crippen MR) is 117 cm³/mol. The summed E-state index contributed by atoms with van der Waals surface area (Å²) in [4.78, 5) is 23.5. The van der Waals surface area contributed by atoms with Crippen molar-refractivity contribution in [3.63, 3.8) is 0 Å². The van der Waals surface area contributed by atoms with Gasteiger partial charge in [-0.15, -0.1) is 0 Å². The molecule has 0 aromatic heterocycles. The van der Waals surface area contributed by atoms with Gasteiger partial charge in [0.1, 0.15) is 18.8 Å². The summed E-state index contributed by atoms with van der Waals surface area (Å²) < 4.78 is 0. The Labute approximate surface area is 186 Å². The SMILES string of the molecule is CC1(C)CCCC2(C)C1CCC1(C)C3=C(CCC12)C[NH+](CC(=O)[O-])C(CCC(=O)O)=C3. The summed E-state index contributed by atoms with van der Waals surface area (Å²) in [6.07, 6.45) is 11.3. The fraction of sp³-hybridized carbons (Fsp3) is 0.769. The minimum Gasteiger partial charge on any atom is -0.544 e. The third kappa shape index (κ3) is 3.77. The van der Waals surface area contributed by atoms with Crippen LogP contribution < -0.4 is 10.0 Å². The summed E-state index contributed by atoms with van der Waals surface area (Å²) in [6.45, 7) is 10.5. The van der Waals surface area contributed by atoms with Crippen molar-refractivity contribution in [1.82, 2.24) is 0 Å². The van der Waals surface area contributed by atoms with Crippen molar-refractivity contribution in [3.8, 4) is 0 Å². The average molecular weight is 430 g/mol. The number of allylic oxidation sites excluding steroid dienone is 3. The molecule has 5 nitrogen and oxygen atoms in total. The standard InChI is InChI=1S/C26H39NO4/c1-24(2)11-5-12-26(4)20(24)10-13-25(3)19-14-18(7-9-22(28)29)27(16-23(30)31)15-17(19)6-8-21(25)26/h14,20-21H,5-13,15-16H2,1-4H3,(H,28,29)(H,30,31). The lowest BCUT2D eigenvalue weighted by atomic mass is 9.40. The van der Waals surface area contributed by atoms with Crippen LogP contribution in [0.3, 0.4) is 0 Å². The fourth-order valence-electron chi connectivity index (χ4n) is 8.42. The number of aliphatic carboxylic acids is 2. The molecule has 31 heavy (non-hydrogen) atoms. The Balaban J connectivity index is 1.70. The van der Waals surface area contributed by atoms with E-state index in [1.807, 2.05) is 0 Å². The van der Waals surface area contributed by atoms with Crippen LogP contribution in [-0.4, -0.2) is 30.1 Å². The maximum Gasteiger partial charge on any atom is 0.303 e.